The van der Waals surface area contributed by atoms with Gasteiger partial charge in [0.15, 0.2) is 0 Å². The average Bonchev–Trinajstić information content (AvgIpc) is 2.36. The van der Waals surface area contributed by atoms with Crippen LogP contribution in [0, 0.1) is 18.8 Å². The average molecular weight is 163 g/mol. The second-order valence-electron chi connectivity index (χ2n) is 2.60. The first kappa shape index (κ1) is 8.82. The lowest BCUT2D eigenvalue weighted by atomic mass is 10.3. The predicted molar refractivity (Wildman–Crippen MR) is 48.7 cm³/mol. The van der Waals surface area contributed by atoms with E-state index < -0.39 is 0 Å². The van der Waals surface area contributed by atoms with Gasteiger partial charge >= 0.3 is 0 Å². The fourth-order valence-corrected chi connectivity index (χ4v) is 0.849. The number of aryl methyl sites for hydroxylation is 1. The van der Waals surface area contributed by atoms with Crippen LogP contribution in [0.4, 0.5) is 0 Å². The van der Waals surface area contributed by atoms with Crippen LogP contribution in [0.1, 0.15) is 11.3 Å². The Hall–Kier alpha value is -1.27. The van der Waals surface area contributed by atoms with Crippen molar-refractivity contribution >= 4 is 0 Å². The molecular weight excluding hydrogens is 150 g/mol. The third-order valence-electron chi connectivity index (χ3n) is 1.72. The maximum atomic E-state index is 4.09. The summed E-state index contributed by atoms with van der Waals surface area (Å²) in [6.45, 7) is 2.73. The quantitative estimate of drug-likeness (QED) is 0.603. The number of nitrogens with zero attached hydrogens (tertiary/aromatic N) is 2. The predicted octanol–water partition coefficient (Wildman–Crippen LogP) is 0.299. The van der Waals surface area contributed by atoms with E-state index in [0.717, 1.165) is 11.3 Å². The number of hydrogen-bond donors (Lipinski definition) is 1. The van der Waals surface area contributed by atoms with E-state index in [4.69, 9.17) is 0 Å². The van der Waals surface area contributed by atoms with Crippen LogP contribution in [0.25, 0.3) is 0 Å². The molecule has 0 fully saturated rings. The maximum Gasteiger partial charge on any atom is 0.0654 e. The topological polar surface area (TPSA) is 29.9 Å². The van der Waals surface area contributed by atoms with Gasteiger partial charge in [0.2, 0.25) is 0 Å². The van der Waals surface area contributed by atoms with Gasteiger partial charge < -0.3 is 5.32 Å². The van der Waals surface area contributed by atoms with Crippen LogP contribution in [0.2, 0.25) is 0 Å². The summed E-state index contributed by atoms with van der Waals surface area (Å²) in [6, 6.07) is 0. The van der Waals surface area contributed by atoms with Gasteiger partial charge in [0.25, 0.3) is 0 Å². The van der Waals surface area contributed by atoms with Crippen LogP contribution in [0.3, 0.4) is 0 Å². The van der Waals surface area contributed by atoms with Gasteiger partial charge in [0.1, 0.15) is 0 Å². The van der Waals surface area contributed by atoms with Gasteiger partial charge in [-0.25, -0.2) is 0 Å². The highest BCUT2D eigenvalue weighted by Gasteiger charge is 1.97. The molecule has 12 heavy (non-hydrogen) atoms. The molecule has 1 aromatic rings. The lowest BCUT2D eigenvalue weighted by molar-refractivity contribution is 0.740. The van der Waals surface area contributed by atoms with Crippen LogP contribution < -0.4 is 5.32 Å². The van der Waals surface area contributed by atoms with Crippen molar-refractivity contribution in [3.63, 3.8) is 0 Å². The zero-order valence-corrected chi connectivity index (χ0v) is 7.68. The lowest BCUT2D eigenvalue weighted by Gasteiger charge is -1.91. The molecule has 0 saturated heterocycles. The minimum Gasteiger partial charge on any atom is -0.309 e. The zero-order chi connectivity index (χ0) is 8.97. The summed E-state index contributed by atoms with van der Waals surface area (Å²) in [6.07, 6.45) is 1.79. The first-order valence-corrected chi connectivity index (χ1v) is 3.87. The minimum absolute atomic E-state index is 0.717. The molecule has 0 unspecified atom stereocenters. The molecule has 1 heterocycles. The van der Waals surface area contributed by atoms with Crippen LogP contribution in [-0.4, -0.2) is 23.4 Å². The molecule has 1 rings (SSSR count). The van der Waals surface area contributed by atoms with Gasteiger partial charge in [-0.15, -0.1) is 0 Å². The molecule has 3 nitrogen and oxygen atoms in total. The van der Waals surface area contributed by atoms with Crippen molar-refractivity contribution in [1.29, 1.82) is 0 Å². The van der Waals surface area contributed by atoms with Gasteiger partial charge in [-0.2, -0.15) is 5.10 Å². The molecule has 0 spiro atoms. The van der Waals surface area contributed by atoms with E-state index in [9.17, 15) is 0 Å². The number of nitrogens with one attached hydrogen (secondary N) is 1. The highest BCUT2D eigenvalue weighted by atomic mass is 15.3. The minimum atomic E-state index is 0.717. The summed E-state index contributed by atoms with van der Waals surface area (Å²) in [5.74, 6) is 6.03. The normalized spacial score (nSPS) is 9.25. The van der Waals surface area contributed by atoms with Gasteiger partial charge in [-0.05, 0) is 14.0 Å². The third-order valence-corrected chi connectivity index (χ3v) is 1.72. The molecule has 0 aliphatic rings. The van der Waals surface area contributed by atoms with E-state index in [1.54, 1.807) is 6.20 Å². The summed E-state index contributed by atoms with van der Waals surface area (Å²) in [5, 5.41) is 7.05. The van der Waals surface area contributed by atoms with Crippen molar-refractivity contribution < 1.29 is 0 Å². The van der Waals surface area contributed by atoms with Crippen molar-refractivity contribution in [2.24, 2.45) is 7.05 Å². The molecule has 1 aromatic heterocycles. The largest absolute Gasteiger partial charge is 0.309 e. The van der Waals surface area contributed by atoms with Crippen molar-refractivity contribution in [3.05, 3.63) is 17.5 Å². The van der Waals surface area contributed by atoms with Crippen LogP contribution in [0.15, 0.2) is 6.20 Å². The summed E-state index contributed by atoms with van der Waals surface area (Å²) in [4.78, 5) is 0. The lowest BCUT2D eigenvalue weighted by Crippen LogP contribution is -2.04. The van der Waals surface area contributed by atoms with E-state index in [2.05, 4.69) is 22.3 Å². The molecule has 0 saturated carbocycles. The van der Waals surface area contributed by atoms with E-state index in [-0.39, 0.29) is 0 Å². The fraction of sp³-hybridized carbons (Fsp3) is 0.444. The Morgan fingerprint density at radius 2 is 2.42 bits per heavy atom. The highest BCUT2D eigenvalue weighted by molar-refractivity contribution is 5.35. The summed E-state index contributed by atoms with van der Waals surface area (Å²) in [7, 11) is 3.80. The second-order valence-corrected chi connectivity index (χ2v) is 2.60. The first-order valence-electron chi connectivity index (χ1n) is 3.87. The standard InChI is InChI=1S/C9H13N3/c1-8-9(5-4-6-10-2)7-11-12(8)3/h7,10H,6H2,1-3H3. The number of rotatable bonds is 1. The molecular formula is C9H13N3. The Kier molecular flexibility index (Phi) is 2.89. The monoisotopic (exact) mass is 163 g/mol. The molecule has 0 bridgehead atoms. The number of aromatic nitrogens is 2. The Balaban J connectivity index is 2.78. The smallest absolute Gasteiger partial charge is 0.0654 e. The Morgan fingerprint density at radius 3 is 2.92 bits per heavy atom. The number of hydrogen-bond acceptors (Lipinski definition) is 2. The molecule has 0 radical (unpaired) electrons. The first-order chi connectivity index (χ1) is 5.75. The zero-order valence-electron chi connectivity index (χ0n) is 7.68. The molecule has 0 aromatic carbocycles. The van der Waals surface area contributed by atoms with E-state index in [1.165, 1.54) is 0 Å². The van der Waals surface area contributed by atoms with Gasteiger partial charge in [-0.1, -0.05) is 11.8 Å². The van der Waals surface area contributed by atoms with Gasteiger partial charge in [0, 0.05) is 7.05 Å². The molecule has 3 heteroatoms. The van der Waals surface area contributed by atoms with E-state index in [0.29, 0.717) is 6.54 Å². The molecule has 0 atom stereocenters. The fourth-order valence-electron chi connectivity index (χ4n) is 0.849. The molecule has 0 aliphatic heterocycles. The Labute approximate surface area is 72.8 Å². The van der Waals surface area contributed by atoms with Crippen molar-refractivity contribution in [3.8, 4) is 11.8 Å². The van der Waals surface area contributed by atoms with E-state index in [1.807, 2.05) is 25.7 Å². The van der Waals surface area contributed by atoms with Crippen molar-refractivity contribution in [1.82, 2.24) is 15.1 Å². The Bertz CT molecular complexity index is 314. The molecule has 64 valence electrons. The van der Waals surface area contributed by atoms with Crippen molar-refractivity contribution in [2.75, 3.05) is 13.6 Å². The summed E-state index contributed by atoms with van der Waals surface area (Å²) >= 11 is 0. The van der Waals surface area contributed by atoms with Crippen LogP contribution in [-0.2, 0) is 7.05 Å². The molecule has 1 N–H and O–H groups in total. The van der Waals surface area contributed by atoms with Crippen LogP contribution in [0.5, 0.6) is 0 Å². The SMILES string of the molecule is CNCC#Cc1cnn(C)c1C. The van der Waals surface area contributed by atoms with Crippen molar-refractivity contribution in [2.45, 2.75) is 6.92 Å². The van der Waals surface area contributed by atoms with Gasteiger partial charge in [0.05, 0.1) is 24.0 Å². The maximum absolute atomic E-state index is 4.09. The van der Waals surface area contributed by atoms with Crippen LogP contribution >= 0.6 is 0 Å². The Morgan fingerprint density at radius 1 is 1.67 bits per heavy atom. The summed E-state index contributed by atoms with van der Waals surface area (Å²) < 4.78 is 1.82. The van der Waals surface area contributed by atoms with Gasteiger partial charge in [-0.3, -0.25) is 4.68 Å². The van der Waals surface area contributed by atoms with E-state index >= 15 is 0 Å². The third kappa shape index (κ3) is 1.86. The molecule has 0 amide bonds. The highest BCUT2D eigenvalue weighted by Crippen LogP contribution is 2.02. The molecule has 0 aliphatic carbocycles. The summed E-state index contributed by atoms with van der Waals surface area (Å²) in [5.41, 5.74) is 2.12. The second kappa shape index (κ2) is 3.93.